The topological polar surface area (TPSA) is 133 Å². The summed E-state index contributed by atoms with van der Waals surface area (Å²) in [4.78, 5) is 21.6. The predicted octanol–water partition coefficient (Wildman–Crippen LogP) is -1.33. The average molecular weight is 188 g/mol. The zero-order valence-corrected chi connectivity index (χ0v) is 5.70. The third kappa shape index (κ3) is 668. The van der Waals surface area contributed by atoms with Crippen LogP contribution in [0.2, 0.25) is 0 Å². The Balaban J connectivity index is -0.0000000750. The first kappa shape index (κ1) is 15.8. The number of hydrogen-bond acceptors (Lipinski definition) is 3. The van der Waals surface area contributed by atoms with Crippen molar-refractivity contribution in [2.24, 2.45) is 0 Å². The molecule has 8 heavy (non-hydrogen) atoms. The van der Waals surface area contributed by atoms with Crippen molar-refractivity contribution in [1.82, 2.24) is 6.15 Å². The normalized spacial score (nSPS) is 8.12. The molecule has 55 valence electrons. The van der Waals surface area contributed by atoms with E-state index in [0.29, 0.717) is 0 Å². The Kier molecular flexibility index (Phi) is 14.9. The van der Waals surface area contributed by atoms with Crippen LogP contribution in [0.5, 0.6) is 0 Å². The summed E-state index contributed by atoms with van der Waals surface area (Å²) in [6.45, 7) is 0. The summed E-state index contributed by atoms with van der Waals surface area (Å²) in [7, 11) is -4.64. The van der Waals surface area contributed by atoms with Gasteiger partial charge in [-0.1, -0.05) is 0 Å². The molecule has 6 nitrogen and oxygen atoms in total. The van der Waals surface area contributed by atoms with Gasteiger partial charge < -0.3 is 20.8 Å². The van der Waals surface area contributed by atoms with Crippen LogP contribution in [0.25, 0.3) is 0 Å². The molecule has 8 heteroatoms. The monoisotopic (exact) mass is 188 g/mol. The molecule has 0 aliphatic carbocycles. The quantitative estimate of drug-likeness (QED) is 0.236. The van der Waals surface area contributed by atoms with Crippen molar-refractivity contribution in [2.45, 2.75) is 0 Å². The first-order valence-electron chi connectivity index (χ1n) is 0.941. The van der Waals surface area contributed by atoms with Crippen molar-refractivity contribution >= 4 is 7.82 Å². The Morgan fingerprint density at radius 2 is 1.12 bits per heavy atom. The number of hydrogen-bond donors (Lipinski definition) is 5. The van der Waals surface area contributed by atoms with Gasteiger partial charge >= 0.3 is 28.4 Å². The van der Waals surface area contributed by atoms with Gasteiger partial charge in [0.15, 0.2) is 0 Å². The number of phosphoric acid groups is 1. The molecule has 0 atom stereocenters. The van der Waals surface area contributed by atoms with Crippen LogP contribution >= 0.6 is 7.82 Å². The van der Waals surface area contributed by atoms with Gasteiger partial charge in [-0.25, -0.2) is 4.57 Å². The van der Waals surface area contributed by atoms with Gasteiger partial charge in [-0.15, -0.1) is 0 Å². The van der Waals surface area contributed by atoms with Gasteiger partial charge in [-0.05, 0) is 0 Å². The Hall–Kier alpha value is 0.549. The van der Waals surface area contributed by atoms with E-state index in [0.717, 1.165) is 0 Å². The first-order valence-corrected chi connectivity index (χ1v) is 3.00. The molecule has 0 fully saturated rings. The molecule has 0 amide bonds. The zero-order valence-electron chi connectivity index (χ0n) is 3.70. The van der Waals surface area contributed by atoms with Crippen molar-refractivity contribution in [2.75, 3.05) is 0 Å². The van der Waals surface area contributed by atoms with Crippen molar-refractivity contribution in [3.8, 4) is 0 Å². The van der Waals surface area contributed by atoms with Crippen LogP contribution in [0.4, 0.5) is 0 Å². The third-order valence-corrected chi connectivity index (χ3v) is 0. The van der Waals surface area contributed by atoms with Gasteiger partial charge in [0.1, 0.15) is 0 Å². The van der Waals surface area contributed by atoms with Crippen LogP contribution < -0.4 is 6.15 Å². The minimum atomic E-state index is -4.64. The van der Waals surface area contributed by atoms with E-state index in [4.69, 9.17) is 23.4 Å². The van der Waals surface area contributed by atoms with Crippen molar-refractivity contribution in [1.29, 1.82) is 0 Å². The second kappa shape index (κ2) is 7.55. The van der Waals surface area contributed by atoms with Crippen LogP contribution in [0, 0.1) is 0 Å². The summed E-state index contributed by atoms with van der Waals surface area (Å²) in [5, 5.41) is 0. The standard InChI is InChI=1S/Fe.H3N.H3O4P.H2O/c;;1-5(2,3)4;/h;1H3;(H3,1,2,3,4);1H2/q+1;;;/p-1. The summed E-state index contributed by atoms with van der Waals surface area (Å²) in [5.41, 5.74) is 0. The van der Waals surface area contributed by atoms with E-state index in [2.05, 4.69) is 16.3 Å². The molecule has 0 spiro atoms. The fourth-order valence-electron chi connectivity index (χ4n) is 0. The second-order valence-corrected chi connectivity index (χ2v) is 1.54. The SMILES string of the molecule is N.O=P(O)(O)O.[OH][Fe]. The van der Waals surface area contributed by atoms with E-state index in [1.165, 1.54) is 0 Å². The molecule has 0 aliphatic heterocycles. The first-order chi connectivity index (χ1) is 3.00. The van der Waals surface area contributed by atoms with Gasteiger partial charge in [0.05, 0.1) is 0 Å². The molecule has 7 N–H and O–H groups in total. The molecule has 0 saturated carbocycles. The Morgan fingerprint density at radius 3 is 1.12 bits per heavy atom. The molecule has 0 bridgehead atoms. The van der Waals surface area contributed by atoms with Crippen LogP contribution in [-0.4, -0.2) is 18.9 Å². The van der Waals surface area contributed by atoms with Crippen LogP contribution in [-0.2, 0) is 20.9 Å². The van der Waals surface area contributed by atoms with E-state index < -0.39 is 7.82 Å². The maximum atomic E-state index is 8.88. The van der Waals surface area contributed by atoms with Gasteiger partial charge in [0, 0.05) is 0 Å². The minimum absolute atomic E-state index is 0. The molecule has 0 aromatic heterocycles. The van der Waals surface area contributed by atoms with Crippen molar-refractivity contribution in [3.63, 3.8) is 0 Å². The molecule has 0 aromatic rings. The van der Waals surface area contributed by atoms with Crippen molar-refractivity contribution < 1.29 is 39.8 Å². The van der Waals surface area contributed by atoms with E-state index in [1.807, 2.05) is 0 Å². The summed E-state index contributed by atoms with van der Waals surface area (Å²) < 4.78 is 15.6. The van der Waals surface area contributed by atoms with E-state index in [9.17, 15) is 0 Å². The maximum absolute atomic E-state index is 8.88. The Labute approximate surface area is 54.5 Å². The molecular weight excluding hydrogens is 181 g/mol. The fraction of sp³-hybridized carbons (Fsp3) is 0. The Bertz CT molecular complexity index is 58.6. The molecule has 0 aromatic carbocycles. The van der Waals surface area contributed by atoms with Crippen LogP contribution in [0.1, 0.15) is 0 Å². The predicted molar refractivity (Wildman–Crippen MR) is 21.5 cm³/mol. The molecule has 0 aliphatic rings. The summed E-state index contributed by atoms with van der Waals surface area (Å²) in [6, 6.07) is 0. The van der Waals surface area contributed by atoms with Crippen LogP contribution in [0.15, 0.2) is 0 Å². The fourth-order valence-corrected chi connectivity index (χ4v) is 0. The van der Waals surface area contributed by atoms with Gasteiger partial charge in [0.2, 0.25) is 0 Å². The summed E-state index contributed by atoms with van der Waals surface area (Å²) >= 11 is 2.25. The van der Waals surface area contributed by atoms with E-state index >= 15 is 0 Å². The van der Waals surface area contributed by atoms with Gasteiger partial charge in [-0.2, -0.15) is 0 Å². The van der Waals surface area contributed by atoms with Crippen LogP contribution in [0.3, 0.4) is 0 Å². The average Bonchev–Trinajstić information content (AvgIpc) is 1.36. The number of rotatable bonds is 0. The Morgan fingerprint density at radius 1 is 1.12 bits per heavy atom. The van der Waals surface area contributed by atoms with Gasteiger partial charge in [-0.3, -0.25) is 0 Å². The molecule has 0 heterocycles. The summed E-state index contributed by atoms with van der Waals surface area (Å²) in [5.74, 6) is 0. The van der Waals surface area contributed by atoms with Crippen molar-refractivity contribution in [3.05, 3.63) is 0 Å². The zero-order chi connectivity index (χ0) is 6.50. The third-order valence-electron chi connectivity index (χ3n) is 0. The molecule has 0 rings (SSSR count). The van der Waals surface area contributed by atoms with E-state index in [1.54, 1.807) is 0 Å². The molecular formula is H7FeNO5P. The molecule has 0 radical (unpaired) electrons. The molecule has 0 saturated heterocycles. The van der Waals surface area contributed by atoms with Gasteiger partial charge in [0.25, 0.3) is 0 Å². The summed E-state index contributed by atoms with van der Waals surface area (Å²) in [6.07, 6.45) is 0. The molecule has 0 unspecified atom stereocenters. The van der Waals surface area contributed by atoms with E-state index in [-0.39, 0.29) is 6.15 Å². The second-order valence-electron chi connectivity index (χ2n) is 0.513.